The zero-order chi connectivity index (χ0) is 63.4. The van der Waals surface area contributed by atoms with Gasteiger partial charge in [-0.3, -0.25) is 42.4 Å². The van der Waals surface area contributed by atoms with E-state index in [0.717, 1.165) is 4.57 Å². The highest BCUT2D eigenvalue weighted by molar-refractivity contribution is 8.32. The van der Waals surface area contributed by atoms with Crippen LogP contribution in [0.3, 0.4) is 0 Å². The van der Waals surface area contributed by atoms with Crippen LogP contribution in [0, 0.1) is 13.8 Å². The second-order valence-electron chi connectivity index (χ2n) is 22.5. The molecule has 7 fully saturated rings. The Hall–Kier alpha value is -4.90. The molecule has 0 aliphatic carbocycles. The molecular formula is C47H57N15O21P3S3-3. The van der Waals surface area contributed by atoms with Crippen LogP contribution in [0.4, 0.5) is 17.6 Å². The number of fused-ring (bicyclic) bond motifs is 8. The monoisotopic (exact) mass is 1360 g/mol. The minimum absolute atomic E-state index is 0.0158. The van der Waals surface area contributed by atoms with Crippen LogP contribution in [0.1, 0.15) is 76.6 Å². The molecule has 42 heteroatoms. The number of nitrogens with two attached hydrogens (primary N) is 3. The number of rotatable bonds is 20. The van der Waals surface area contributed by atoms with Gasteiger partial charge in [0.15, 0.2) is 48.1 Å². The molecule has 0 radical (unpaired) electrons. The molecular weight excluding hydrogens is 1300 g/mol. The van der Waals surface area contributed by atoms with Gasteiger partial charge in [0.2, 0.25) is 5.95 Å². The number of aromatic nitrogens is 12. The molecule has 0 aromatic carbocycles. The van der Waals surface area contributed by atoms with Gasteiger partial charge >= 0.3 is 11.4 Å². The fourth-order valence-electron chi connectivity index (χ4n) is 12.6. The van der Waals surface area contributed by atoms with E-state index in [0.29, 0.717) is 12.0 Å². The number of H-pyrrole nitrogens is 2. The summed E-state index contributed by atoms with van der Waals surface area (Å²) >= 11 is 16.7. The molecule has 0 amide bonds. The van der Waals surface area contributed by atoms with Gasteiger partial charge in [-0.15, -0.1) is 0 Å². The SMILES string of the molecule is CC[C@H]1O[C@@H](n2cc(C)c(N)nc2=O)CC1OP([O-])(=S)OC[C@]12O[C@@H](n3cc(C)c(=O)[nH]c3=O)[C@@H](O[C@H]1C)C2OP(=O)([S-])OC[C@]12O[C@@H](n3cnc4c(N)ncnc43)[C@@H](O[C@H]1C)C2OP([O-])(=S)OC[C@]12O[C@@H](n3cnc4c(=O)[nH]c(N)nc43)[C@@H](O[C@H]1C)C2O. The lowest BCUT2D eigenvalue weighted by molar-refractivity contribution is -0.239. The van der Waals surface area contributed by atoms with Crippen LogP contribution in [-0.4, -0.2) is 167 Å². The standard InChI is InChI=1S/C47H60N15O21P3S3/c1-7-22-23(8-24(77-22)59-9-17(2)33(48)55-43(59)66)81-84(68,87)72-12-46-20(5)75-28(40(79-46)60-10-18(3)37(64)58-44(60)67)31(46)82-86(70,89)73-13-47-21(6)76-29(41(80-47)61-15-53-25-34(49)51-14-52-35(25)61)32(47)83-85(69,88)71-11-45-19(4)74-27(30(45)63)39(78-45)62-16-54-26-36(62)56-42(50)57-38(26)65/h9-10,14-16,19-24,27-32,39-41,63H,7-8,11-13H2,1-6H3,(H,68,87)(H,69,88)(H,70,89)(H2,48,55,66)(H2,49,51,52)(H,58,64,67)(H3,50,56,57,65)/p-3/t19-,20-,21-,22+,23?,24+,27-,28-,29-,30?,31?,32?,39+,40+,41+,45-,46-,47-,84?,85?,86?/m0/s1. The molecule has 7 aliphatic rings. The number of ether oxygens (including phenoxy) is 7. The van der Waals surface area contributed by atoms with Gasteiger partial charge in [0, 0.05) is 29.9 Å². The Labute approximate surface area is 516 Å². The number of aryl methyl sites for hydroxylation is 2. The van der Waals surface area contributed by atoms with Crippen molar-refractivity contribution in [2.45, 2.75) is 163 Å². The average molecular weight is 1360 g/mol. The molecule has 89 heavy (non-hydrogen) atoms. The molecule has 7 aliphatic heterocycles. The Bertz CT molecular complexity index is 4240. The summed E-state index contributed by atoms with van der Waals surface area (Å²) in [6.07, 6.45) is -11.2. The summed E-state index contributed by atoms with van der Waals surface area (Å²) in [4.78, 5) is 110. The van der Waals surface area contributed by atoms with Crippen molar-refractivity contribution in [1.29, 1.82) is 0 Å². The van der Waals surface area contributed by atoms with Gasteiger partial charge in [0.05, 0.1) is 63.0 Å². The summed E-state index contributed by atoms with van der Waals surface area (Å²) in [7, 11) is 0. The van der Waals surface area contributed by atoms with Gasteiger partial charge in [0.1, 0.15) is 90.8 Å². The molecule has 13 rings (SSSR count). The summed E-state index contributed by atoms with van der Waals surface area (Å²) in [6.45, 7) is -7.21. The quantitative estimate of drug-likeness (QED) is 0.0370. The topological polar surface area (TPSA) is 478 Å². The van der Waals surface area contributed by atoms with E-state index in [1.54, 1.807) is 27.7 Å². The molecule has 6 aromatic rings. The van der Waals surface area contributed by atoms with Gasteiger partial charge in [-0.2, -0.15) is 9.97 Å². The first kappa shape index (κ1) is 62.9. The average Bonchev–Trinajstić information content (AvgIpc) is 1.57. The molecule has 9 N–H and O–H groups in total. The Balaban J connectivity index is 0.772. The number of nitrogens with one attached hydrogen (secondary N) is 2. The maximum absolute atomic E-state index is 15.1. The maximum Gasteiger partial charge on any atom is 0.351 e. The van der Waals surface area contributed by atoms with Gasteiger partial charge in [-0.25, -0.2) is 29.5 Å². The Morgan fingerprint density at radius 1 is 0.697 bits per heavy atom. The molecule has 36 nitrogen and oxygen atoms in total. The van der Waals surface area contributed by atoms with E-state index in [-0.39, 0.29) is 51.9 Å². The summed E-state index contributed by atoms with van der Waals surface area (Å²) in [5, 5.41) is 11.7. The lowest BCUT2D eigenvalue weighted by Crippen LogP contribution is -2.52. The van der Waals surface area contributed by atoms with Crippen molar-refractivity contribution in [2.24, 2.45) is 0 Å². The van der Waals surface area contributed by atoms with E-state index in [2.05, 4.69) is 39.9 Å². The van der Waals surface area contributed by atoms with E-state index < -0.39 is 171 Å². The molecule has 6 aromatic heterocycles. The minimum atomic E-state index is -4.99. The largest absolute Gasteiger partial charge is 0.780 e. The zero-order valence-electron chi connectivity index (χ0n) is 47.5. The fraction of sp³-hybridized carbons (Fsp3) is 0.617. The van der Waals surface area contributed by atoms with Crippen LogP contribution < -0.4 is 49.5 Å². The maximum atomic E-state index is 15.1. The molecule has 0 spiro atoms. The lowest BCUT2D eigenvalue weighted by atomic mass is 9.94. The first-order chi connectivity index (χ1) is 42.0. The number of aliphatic hydroxyl groups is 1. The van der Waals surface area contributed by atoms with Crippen molar-refractivity contribution in [3.63, 3.8) is 0 Å². The Kier molecular flexibility index (Phi) is 15.8. The summed E-state index contributed by atoms with van der Waals surface area (Å²) in [5.74, 6) is -0.154. The van der Waals surface area contributed by atoms with Crippen molar-refractivity contribution in [2.75, 3.05) is 37.0 Å². The van der Waals surface area contributed by atoms with Crippen LogP contribution in [0.15, 0.2) is 50.6 Å². The van der Waals surface area contributed by atoms with Crippen LogP contribution in [0.2, 0.25) is 0 Å². The third-order valence-corrected chi connectivity index (χ3v) is 21.9. The van der Waals surface area contributed by atoms with Crippen LogP contribution in [0.5, 0.6) is 0 Å². The molecule has 7 unspecified atom stereocenters. The van der Waals surface area contributed by atoms with Crippen molar-refractivity contribution in [3.05, 3.63) is 84.2 Å². The molecule has 482 valence electrons. The Morgan fingerprint density at radius 2 is 1.26 bits per heavy atom. The number of anilines is 3. The second kappa shape index (κ2) is 22.4. The van der Waals surface area contributed by atoms with E-state index in [9.17, 15) is 34.1 Å². The fourth-order valence-corrected chi connectivity index (χ4v) is 17.0. The number of hydrogen-bond donors (Lipinski definition) is 6. The second-order valence-corrected chi connectivity index (χ2v) is 30.6. The number of hydrogen-bond acceptors (Lipinski definition) is 33. The molecule has 0 saturated carbocycles. The number of nitrogen functional groups attached to an aromatic ring is 3. The predicted molar refractivity (Wildman–Crippen MR) is 308 cm³/mol. The third kappa shape index (κ3) is 10.5. The van der Waals surface area contributed by atoms with E-state index in [1.807, 2.05) is 0 Å². The van der Waals surface area contributed by atoms with E-state index >= 15 is 4.57 Å². The highest BCUT2D eigenvalue weighted by atomic mass is 32.7. The molecule has 21 atom stereocenters. The Morgan fingerprint density at radius 3 is 1.94 bits per heavy atom. The van der Waals surface area contributed by atoms with Gasteiger partial charge in [-0.05, 0) is 41.0 Å². The summed E-state index contributed by atoms with van der Waals surface area (Å²) in [5.41, 5.74) is 10.1. The first-order valence-corrected chi connectivity index (χ1v) is 35.2. The molecule has 13 heterocycles. The van der Waals surface area contributed by atoms with Crippen LogP contribution in [-0.2, 0) is 101 Å². The summed E-state index contributed by atoms with van der Waals surface area (Å²) < 4.78 is 102. The predicted octanol–water partition coefficient (Wildman–Crippen LogP) is -1.62. The number of aromatic amines is 2. The van der Waals surface area contributed by atoms with Crippen molar-refractivity contribution in [1.82, 2.24) is 58.1 Å². The normalized spacial score (nSPS) is 36.6. The minimum Gasteiger partial charge on any atom is -0.780 e. The van der Waals surface area contributed by atoms with E-state index in [4.69, 9.17) is 113 Å². The lowest BCUT2D eigenvalue weighted by Gasteiger charge is -2.42. The highest BCUT2D eigenvalue weighted by Gasteiger charge is 2.71. The third-order valence-electron chi connectivity index (χ3n) is 17.4. The van der Waals surface area contributed by atoms with Gasteiger partial charge in [0.25, 0.3) is 11.1 Å². The number of nitrogens with zero attached hydrogens (tertiary/aromatic N) is 10. The molecule has 6 bridgehead atoms. The highest BCUT2D eigenvalue weighted by Crippen LogP contribution is 2.62. The van der Waals surface area contributed by atoms with Gasteiger partial charge in [-0.1, -0.05) is 30.5 Å². The van der Waals surface area contributed by atoms with Crippen molar-refractivity contribution >= 4 is 96.0 Å². The van der Waals surface area contributed by atoms with Crippen molar-refractivity contribution < 1.29 is 79.8 Å². The summed E-state index contributed by atoms with van der Waals surface area (Å²) in [6, 6.07) is 0. The zero-order valence-corrected chi connectivity index (χ0v) is 52.6. The van der Waals surface area contributed by atoms with Gasteiger partial charge < -0.3 is 105 Å². The number of imidazole rings is 2. The van der Waals surface area contributed by atoms with Crippen LogP contribution in [0.25, 0.3) is 22.3 Å². The van der Waals surface area contributed by atoms with Crippen LogP contribution >= 0.6 is 20.2 Å². The van der Waals surface area contributed by atoms with Crippen molar-refractivity contribution in [3.8, 4) is 0 Å². The van der Waals surface area contributed by atoms with E-state index in [1.165, 1.54) is 58.9 Å². The first-order valence-electron chi connectivity index (χ1n) is 27.6. The molecule has 7 saturated heterocycles. The smallest absolute Gasteiger partial charge is 0.351 e. The number of aliphatic hydroxyl groups excluding tert-OH is 1.